The van der Waals surface area contributed by atoms with E-state index < -0.39 is 0 Å². The lowest BCUT2D eigenvalue weighted by Gasteiger charge is -1.98. The molecule has 10 heavy (non-hydrogen) atoms. The molecule has 0 amide bonds. The molecule has 52 valence electrons. The van der Waals surface area contributed by atoms with Crippen LogP contribution in [0.15, 0.2) is 29.2 Å². The lowest BCUT2D eigenvalue weighted by atomic mass is 10.4. The van der Waals surface area contributed by atoms with E-state index in [2.05, 4.69) is 0 Å². The molecule has 0 atom stereocenters. The fraction of sp³-hybridized carbons (Fsp3) is 0.375. The highest BCUT2D eigenvalue weighted by Gasteiger charge is 2.23. The van der Waals surface area contributed by atoms with Gasteiger partial charge in [-0.3, -0.25) is 4.79 Å². The van der Waals surface area contributed by atoms with E-state index in [0.717, 1.165) is 0 Å². The highest BCUT2D eigenvalue weighted by Crippen LogP contribution is 2.32. The van der Waals surface area contributed by atoms with Gasteiger partial charge in [-0.25, -0.2) is 0 Å². The second-order valence-electron chi connectivity index (χ2n) is 2.68. The van der Waals surface area contributed by atoms with E-state index in [1.807, 2.05) is 12.3 Å². The Bertz CT molecular complexity index is 285. The maximum Gasteiger partial charge on any atom is 0.250 e. The Labute approximate surface area is 59.1 Å². The van der Waals surface area contributed by atoms with Crippen molar-refractivity contribution in [3.63, 3.8) is 0 Å². The van der Waals surface area contributed by atoms with Crippen molar-refractivity contribution in [1.82, 2.24) is 4.57 Å². The predicted octanol–water partition coefficient (Wildman–Crippen LogP) is 1.18. The van der Waals surface area contributed by atoms with Gasteiger partial charge in [-0.15, -0.1) is 0 Å². The third-order valence-electron chi connectivity index (χ3n) is 1.79. The number of rotatable bonds is 1. The van der Waals surface area contributed by atoms with E-state index >= 15 is 0 Å². The van der Waals surface area contributed by atoms with Crippen molar-refractivity contribution in [1.29, 1.82) is 0 Å². The van der Waals surface area contributed by atoms with Gasteiger partial charge >= 0.3 is 0 Å². The molecule has 0 saturated heterocycles. The van der Waals surface area contributed by atoms with Gasteiger partial charge < -0.3 is 4.57 Å². The zero-order chi connectivity index (χ0) is 6.97. The lowest BCUT2D eigenvalue weighted by molar-refractivity contribution is 0.707. The quantitative estimate of drug-likeness (QED) is 0.566. The Hall–Kier alpha value is -1.05. The first-order chi connectivity index (χ1) is 4.88. The van der Waals surface area contributed by atoms with Crippen molar-refractivity contribution < 1.29 is 0 Å². The molecule has 1 aliphatic rings. The second-order valence-corrected chi connectivity index (χ2v) is 2.68. The summed E-state index contributed by atoms with van der Waals surface area (Å²) in [5.41, 5.74) is 0.130. The summed E-state index contributed by atoms with van der Waals surface area (Å²) in [6, 6.07) is 5.80. The molecule has 1 saturated carbocycles. The van der Waals surface area contributed by atoms with Gasteiger partial charge in [0.1, 0.15) is 0 Å². The first-order valence-electron chi connectivity index (χ1n) is 3.55. The Balaban J connectivity index is 2.48. The molecule has 0 spiro atoms. The van der Waals surface area contributed by atoms with Gasteiger partial charge in [0.25, 0.3) is 5.56 Å². The summed E-state index contributed by atoms with van der Waals surface area (Å²) < 4.78 is 1.81. The van der Waals surface area contributed by atoms with E-state index in [1.54, 1.807) is 16.7 Å². The molecule has 1 aliphatic carbocycles. The molecule has 0 radical (unpaired) electrons. The minimum absolute atomic E-state index is 0.130. The van der Waals surface area contributed by atoms with Gasteiger partial charge in [-0.1, -0.05) is 6.07 Å². The summed E-state index contributed by atoms with van der Waals surface area (Å²) in [5.74, 6) is 0. The van der Waals surface area contributed by atoms with Crippen LogP contribution in [0.25, 0.3) is 0 Å². The average Bonchev–Trinajstić information content (AvgIpc) is 2.71. The molecule has 1 fully saturated rings. The fourth-order valence-electron chi connectivity index (χ4n) is 1.09. The van der Waals surface area contributed by atoms with Gasteiger partial charge in [0, 0.05) is 18.3 Å². The monoisotopic (exact) mass is 135 g/mol. The largest absolute Gasteiger partial charge is 0.312 e. The van der Waals surface area contributed by atoms with Crippen LogP contribution in [-0.4, -0.2) is 4.57 Å². The number of nitrogens with zero attached hydrogens (tertiary/aromatic N) is 1. The number of aromatic nitrogens is 1. The molecule has 2 nitrogen and oxygen atoms in total. The van der Waals surface area contributed by atoms with Crippen LogP contribution in [-0.2, 0) is 0 Å². The van der Waals surface area contributed by atoms with Crippen LogP contribution in [0.4, 0.5) is 0 Å². The standard InChI is InChI=1S/C8H9NO/c10-8-3-1-2-6-9(8)7-4-5-7/h1-3,6-7H,4-5H2. The molecular weight excluding hydrogens is 126 g/mol. The van der Waals surface area contributed by atoms with Crippen molar-refractivity contribution in [3.05, 3.63) is 34.7 Å². The molecule has 0 unspecified atom stereocenters. The van der Waals surface area contributed by atoms with Gasteiger partial charge in [-0.05, 0) is 18.9 Å². The van der Waals surface area contributed by atoms with E-state index in [1.165, 1.54) is 12.8 Å². The normalized spacial score (nSPS) is 17.2. The number of hydrogen-bond acceptors (Lipinski definition) is 1. The molecule has 0 N–H and O–H groups in total. The smallest absolute Gasteiger partial charge is 0.250 e. The number of hydrogen-bond donors (Lipinski definition) is 0. The summed E-state index contributed by atoms with van der Waals surface area (Å²) in [5, 5.41) is 0. The minimum atomic E-state index is 0.130. The third kappa shape index (κ3) is 0.856. The Kier molecular flexibility index (Phi) is 1.13. The highest BCUT2D eigenvalue weighted by molar-refractivity contribution is 4.97. The van der Waals surface area contributed by atoms with Crippen molar-refractivity contribution in [2.45, 2.75) is 18.9 Å². The second kappa shape index (κ2) is 1.97. The van der Waals surface area contributed by atoms with Crippen LogP contribution in [0, 0.1) is 0 Å². The molecular formula is C8H9NO. The van der Waals surface area contributed by atoms with Crippen LogP contribution in [0.1, 0.15) is 18.9 Å². The van der Waals surface area contributed by atoms with Crippen molar-refractivity contribution in [2.24, 2.45) is 0 Å². The topological polar surface area (TPSA) is 22.0 Å². The van der Waals surface area contributed by atoms with Gasteiger partial charge in [0.15, 0.2) is 0 Å². The summed E-state index contributed by atoms with van der Waals surface area (Å²) >= 11 is 0. The maximum absolute atomic E-state index is 11.1. The van der Waals surface area contributed by atoms with Crippen molar-refractivity contribution in [2.75, 3.05) is 0 Å². The SMILES string of the molecule is O=c1ccccn1C1CC1. The molecule has 1 heterocycles. The van der Waals surface area contributed by atoms with E-state index in [4.69, 9.17) is 0 Å². The Morgan fingerprint density at radius 2 is 2.20 bits per heavy atom. The maximum atomic E-state index is 11.1. The van der Waals surface area contributed by atoms with Gasteiger partial charge in [0.2, 0.25) is 0 Å². The molecule has 2 rings (SSSR count). The first kappa shape index (κ1) is 5.71. The lowest BCUT2D eigenvalue weighted by Crippen LogP contribution is -2.15. The van der Waals surface area contributed by atoms with Crippen molar-refractivity contribution >= 4 is 0 Å². The highest BCUT2D eigenvalue weighted by atomic mass is 16.1. The van der Waals surface area contributed by atoms with Crippen LogP contribution in [0.3, 0.4) is 0 Å². The molecule has 0 bridgehead atoms. The van der Waals surface area contributed by atoms with E-state index in [9.17, 15) is 4.79 Å². The Morgan fingerprint density at radius 1 is 1.40 bits per heavy atom. The van der Waals surface area contributed by atoms with Gasteiger partial charge in [-0.2, -0.15) is 0 Å². The zero-order valence-electron chi connectivity index (χ0n) is 5.66. The summed E-state index contributed by atoms with van der Waals surface area (Å²) in [6.07, 6.45) is 4.20. The summed E-state index contributed by atoms with van der Waals surface area (Å²) in [6.45, 7) is 0. The first-order valence-corrected chi connectivity index (χ1v) is 3.55. The molecule has 1 aromatic heterocycles. The van der Waals surface area contributed by atoms with E-state index in [0.29, 0.717) is 6.04 Å². The molecule has 0 aliphatic heterocycles. The van der Waals surface area contributed by atoms with Crippen LogP contribution < -0.4 is 5.56 Å². The average molecular weight is 135 g/mol. The fourth-order valence-corrected chi connectivity index (χ4v) is 1.09. The van der Waals surface area contributed by atoms with Crippen LogP contribution in [0.5, 0.6) is 0 Å². The third-order valence-corrected chi connectivity index (χ3v) is 1.79. The van der Waals surface area contributed by atoms with E-state index in [-0.39, 0.29) is 5.56 Å². The van der Waals surface area contributed by atoms with Gasteiger partial charge in [0.05, 0.1) is 0 Å². The molecule has 2 heteroatoms. The molecule has 1 aromatic rings. The molecule has 0 aromatic carbocycles. The number of pyridine rings is 1. The minimum Gasteiger partial charge on any atom is -0.312 e. The predicted molar refractivity (Wildman–Crippen MR) is 39.0 cm³/mol. The Morgan fingerprint density at radius 3 is 2.80 bits per heavy atom. The van der Waals surface area contributed by atoms with Crippen LogP contribution in [0.2, 0.25) is 0 Å². The summed E-state index contributed by atoms with van der Waals surface area (Å²) in [4.78, 5) is 11.1. The van der Waals surface area contributed by atoms with Crippen LogP contribution >= 0.6 is 0 Å². The zero-order valence-corrected chi connectivity index (χ0v) is 5.66. The summed E-state index contributed by atoms with van der Waals surface area (Å²) in [7, 11) is 0. The van der Waals surface area contributed by atoms with Crippen molar-refractivity contribution in [3.8, 4) is 0 Å².